The van der Waals surface area contributed by atoms with Crippen molar-refractivity contribution in [3.63, 3.8) is 0 Å². The van der Waals surface area contributed by atoms with Crippen LogP contribution in [-0.4, -0.2) is 38.3 Å². The Morgan fingerprint density at radius 3 is 1.30 bits per heavy atom. The molecule has 19 aromatic rings. The third-order valence-electron chi connectivity index (χ3n) is 18.5. The maximum atomic E-state index is 11.2. The minimum atomic E-state index is -7.27. The van der Waals surface area contributed by atoms with E-state index in [0.717, 1.165) is 59.3 Å². The zero-order valence-corrected chi connectivity index (χ0v) is 62.1. The van der Waals surface area contributed by atoms with Crippen LogP contribution in [0.25, 0.3) is 72.3 Å². The Morgan fingerprint density at radius 2 is 0.812 bits per heavy atom. The number of imidazole rings is 1. The van der Waals surface area contributed by atoms with E-state index >= 15 is 0 Å². The van der Waals surface area contributed by atoms with E-state index in [1.807, 2.05) is 0 Å². The number of hydrogen-bond acceptors (Lipinski definition) is 2. The molecule has 0 N–H and O–H groups in total. The molecule has 5 nitrogen and oxygen atoms in total. The molecule has 0 fully saturated rings. The van der Waals surface area contributed by atoms with E-state index < -0.39 is 476 Å². The molecule has 0 atom stereocenters. The first-order chi connectivity index (χ1) is 78.6. The third-order valence-corrected chi connectivity index (χ3v) is 31.0. The first kappa shape index (κ1) is 31.8. The van der Waals surface area contributed by atoms with E-state index in [4.69, 9.17) is 19.8 Å². The molecule has 9 heteroatoms. The SMILES string of the molecule is [2H]c1c([2H])c([2H])c(-c2cnc(-n3c4[c-]c(Oc5[c-]c(-n6[c-][n+](-c7c([Si](c8c([2H])c([2H])c([2H])c([2H])c8[2H])(c8c([2H])c([2H])c([2H])c([2H])c8[2H])c8c([2H])c([2H])c([2H])c([2H])c8[2H])cccc7[Si](c7c([2H])c([2H])c([2H])c([2H])c7[2H])(c7c([2H])c([2H])c([2H])c([2H])c7[2H])c7c([2H])c([2H])c([2H])c([2H])c7[2H])c7ccc(-c8c([2H])c([2H])c([2H])c([Si](c9c([2H])c([2H])c([2H])c([2H])c9[2H])(c9c([2H])c([2H])c([2H])c([2H])c9[2H])c9c([2H])c([2H])c([2H])c([2H])c9[2H])c8[2H])cc76)ccc5)ccc4c4ccccc43)cc2C([2H])([2H])[2H])c([2H])c1[2H].[Pt]. The predicted octanol–water partition coefficient (Wildman–Crippen LogP) is 15.4. The van der Waals surface area contributed by atoms with Crippen LogP contribution < -0.4 is 71.5 Å². The molecule has 0 amide bonds. The van der Waals surface area contributed by atoms with Crippen LogP contribution in [0.15, 0.2) is 430 Å². The van der Waals surface area contributed by atoms with Gasteiger partial charge in [-0.1, -0.05) is 380 Å². The second kappa shape index (κ2) is 30.5. The molecule has 0 bridgehead atoms. The molecule has 19 rings (SSSR count). The van der Waals surface area contributed by atoms with Gasteiger partial charge in [0.25, 0.3) is 6.33 Å². The maximum Gasteiger partial charge on any atom is 0.268 e. The molecule has 0 aliphatic carbocycles. The fourth-order valence-corrected chi connectivity index (χ4v) is 25.7. The van der Waals surface area contributed by atoms with Gasteiger partial charge in [-0.25, -0.2) is 4.98 Å². The molecule has 0 radical (unpaired) electrons. The Morgan fingerprint density at radius 1 is 0.375 bits per heavy atom. The van der Waals surface area contributed by atoms with Crippen molar-refractivity contribution in [2.75, 3.05) is 0 Å². The number of fused-ring (bicyclic) bond motifs is 4. The molecule has 0 aliphatic heterocycles. The van der Waals surface area contributed by atoms with Crippen molar-refractivity contribution < 1.29 is 109 Å². The Balaban J connectivity index is 0.0000182. The fourth-order valence-electron chi connectivity index (χ4n) is 14.0. The molecule has 0 aliphatic rings. The fraction of sp³-hybridized carbons (Fsp3) is 0.00971. The van der Waals surface area contributed by atoms with Crippen LogP contribution in [0.1, 0.15) is 83.7 Å². The van der Waals surface area contributed by atoms with Crippen molar-refractivity contribution in [3.05, 3.63) is 454 Å². The molecule has 0 saturated carbocycles. The van der Waals surface area contributed by atoms with E-state index in [-0.39, 0.29) is 38.1 Å². The molecule has 3 aromatic heterocycles. The summed E-state index contributed by atoms with van der Waals surface area (Å²) in [4.78, 5) is 4.66. The van der Waals surface area contributed by atoms with Crippen molar-refractivity contribution >= 4 is 119 Å². The summed E-state index contributed by atoms with van der Waals surface area (Å²) in [6.07, 6.45) is 4.10. The topological polar surface area (TPSA) is 35.9 Å². The van der Waals surface area contributed by atoms with Gasteiger partial charge in [0.2, 0.25) is 0 Å². The van der Waals surface area contributed by atoms with Crippen molar-refractivity contribution in [2.45, 2.75) is 6.85 Å². The van der Waals surface area contributed by atoms with Crippen LogP contribution in [0.3, 0.4) is 0 Å². The number of aryl methyl sites for hydroxylation is 1. The average Bonchev–Trinajstić information content (AvgIpc) is 1.37. The van der Waals surface area contributed by atoms with Gasteiger partial charge in [0.15, 0.2) is 24.2 Å². The Hall–Kier alpha value is -12.9. The van der Waals surface area contributed by atoms with Crippen molar-refractivity contribution in [2.24, 2.45) is 0 Å². The minimum absolute atomic E-state index is 0. The zero-order valence-electron chi connectivity index (χ0n) is 114. The number of aromatic nitrogens is 4. The summed E-state index contributed by atoms with van der Waals surface area (Å²) in [7, 11) is -21.4. The van der Waals surface area contributed by atoms with Gasteiger partial charge in [-0.05, 0) is 121 Å². The van der Waals surface area contributed by atoms with Gasteiger partial charge in [-0.3, -0.25) is 4.57 Å². The molecule has 16 aromatic carbocycles. The smallest absolute Gasteiger partial charge is 0.268 e. The first-order valence-corrected chi connectivity index (χ1v) is 39.2. The number of nitrogens with zero attached hydrogens (tertiary/aromatic N) is 4. The van der Waals surface area contributed by atoms with Gasteiger partial charge in [0.1, 0.15) is 5.82 Å². The second-order valence-electron chi connectivity index (χ2n) is 24.2. The largest absolute Gasteiger partial charge is 0.510 e. The van der Waals surface area contributed by atoms with Gasteiger partial charge < -0.3 is 13.9 Å². The van der Waals surface area contributed by atoms with Crippen molar-refractivity contribution in [1.82, 2.24) is 14.1 Å². The number of pyridine rings is 1. The van der Waals surface area contributed by atoms with Gasteiger partial charge in [0.05, 0.1) is 90.7 Å². The number of benzene rings is 16. The molecular formula is C103H74N4OPtSi3-2. The van der Waals surface area contributed by atoms with E-state index in [1.165, 1.54) is 28.8 Å². The van der Waals surface area contributed by atoms with Gasteiger partial charge in [-0.2, -0.15) is 18.2 Å². The normalized spacial score (nSPS) is 19.0. The standard InChI is InChI=1S/C103H74N4OSi3.Pt/c1-76-69-102(104-74-95(76)77-37-12-2-13-38-77)107-96-62-33-32-61-93(96)94-67-66-82(73-98(94)107)108-81-41-35-40-80(72-81)105-75-106(97-68-65-79(71-99(97)105)78-39-34-60-92(70-78)109(83-42-14-3-15-43-83,84-44-16-4-17-45-84)85-46-18-5-19-47-85)103-100(110(86-48-20-6-21-49-86,87-50-22-7-23-51-87)88-52-24-8-25-53-88)63-36-64-101(103)111(89-54-26-9-27-55-89,90-56-28-10-29-57-90)91-58-30-11-31-59-91;/h2-71,74H,1H3;/q-2;/i1D3,2D,3D,4D,5D,6D,7D,8D,9D,10D,11D,12D,13D,14D,15D,16D,17D,18D,19D,20D,21D,22D,23D,24D,25D,26D,27D,28D,29D,30D,31D,34D,37D,38D,39D,42D,43D,44D,45D,46D,47D,48D,49D,50D,51D,52D,53D,54D,55D,56D,57D,58D,59D,60D,70D;. The quantitative estimate of drug-likeness (QED) is 0.0350. The number of hydrogen-bond donors (Lipinski definition) is 0. The van der Waals surface area contributed by atoms with Crippen LogP contribution in [0.5, 0.6) is 11.5 Å². The molecule has 536 valence electrons. The second-order valence-corrected chi connectivity index (χ2v) is 34.8. The van der Waals surface area contributed by atoms with Gasteiger partial charge in [0, 0.05) is 54.0 Å². The third kappa shape index (κ3) is 12.2. The van der Waals surface area contributed by atoms with Gasteiger partial charge in [-0.15, -0.1) is 29.7 Å². The van der Waals surface area contributed by atoms with Crippen LogP contribution in [0, 0.1) is 25.3 Å². The minimum Gasteiger partial charge on any atom is -0.510 e. The zero-order chi connectivity index (χ0) is 124. The van der Waals surface area contributed by atoms with E-state index in [2.05, 4.69) is 23.4 Å². The predicted molar refractivity (Wildman–Crippen MR) is 466 cm³/mol. The maximum absolute atomic E-state index is 11.2. The molecule has 3 heterocycles. The van der Waals surface area contributed by atoms with E-state index in [1.54, 1.807) is 24.3 Å². The molecule has 0 saturated heterocycles. The van der Waals surface area contributed by atoms with Crippen LogP contribution in [0.4, 0.5) is 0 Å². The van der Waals surface area contributed by atoms with E-state index in [9.17, 15) is 63.1 Å². The molecule has 0 unspecified atom stereocenters. The summed E-state index contributed by atoms with van der Waals surface area (Å²) < 4.78 is 566. The summed E-state index contributed by atoms with van der Waals surface area (Å²) >= 11 is 0. The number of para-hydroxylation sites is 2. The van der Waals surface area contributed by atoms with Crippen LogP contribution >= 0.6 is 0 Å². The summed E-state index contributed by atoms with van der Waals surface area (Å²) in [5, 5.41) is -15.3. The Kier molecular flexibility index (Phi) is 8.66. The van der Waals surface area contributed by atoms with E-state index in [0.29, 0.717) is 20.9 Å². The van der Waals surface area contributed by atoms with Crippen molar-refractivity contribution in [3.8, 4) is 50.9 Å². The van der Waals surface area contributed by atoms with Gasteiger partial charge >= 0.3 is 0 Å². The first-order valence-electron chi connectivity index (χ1n) is 61.7. The summed E-state index contributed by atoms with van der Waals surface area (Å²) in [6, 6.07) is -48.5. The summed E-state index contributed by atoms with van der Waals surface area (Å²) in [5.41, 5.74) is -6.37. The molecule has 112 heavy (non-hydrogen) atoms. The number of rotatable bonds is 19. The molecule has 0 spiro atoms. The Bertz CT molecular complexity index is 9180. The van der Waals surface area contributed by atoms with Crippen LogP contribution in [0.2, 0.25) is 0 Å². The Labute approximate surface area is 751 Å². The van der Waals surface area contributed by atoms with Crippen LogP contribution in [-0.2, 0) is 21.1 Å². The molecular weight excluding hydrogens is 1590 g/mol. The monoisotopic (exact) mass is 1720 g/mol. The van der Waals surface area contributed by atoms with Crippen molar-refractivity contribution in [1.29, 1.82) is 0 Å². The summed E-state index contributed by atoms with van der Waals surface area (Å²) in [5.74, 6) is -0.984. The summed E-state index contributed by atoms with van der Waals surface area (Å²) in [6.45, 7) is -3.15. The number of ether oxygens (including phenoxy) is 1. The average molecular weight is 1720 g/mol.